The molecule has 1 saturated heterocycles. The Kier molecular flexibility index (Phi) is 4.30. The molecule has 0 saturated carbocycles. The van der Waals surface area contributed by atoms with Gasteiger partial charge in [-0.3, -0.25) is 9.69 Å². The van der Waals surface area contributed by atoms with Gasteiger partial charge in [0.1, 0.15) is 4.88 Å². The molecule has 2 N–H and O–H groups in total. The SMILES string of the molecule is COC(=O)c1sc(N2CC(CS(N)(=O)=O)CC2=O)nc1C. The Morgan fingerprint density at radius 2 is 2.24 bits per heavy atom. The number of esters is 1. The molecule has 0 bridgehead atoms. The molecule has 1 atom stereocenters. The zero-order valence-electron chi connectivity index (χ0n) is 11.5. The van der Waals surface area contributed by atoms with Crippen molar-refractivity contribution in [2.24, 2.45) is 11.1 Å². The van der Waals surface area contributed by atoms with Gasteiger partial charge in [0, 0.05) is 18.9 Å². The van der Waals surface area contributed by atoms with Crippen LogP contribution in [0.2, 0.25) is 0 Å². The molecule has 1 aromatic rings. The maximum absolute atomic E-state index is 12.0. The van der Waals surface area contributed by atoms with Crippen LogP contribution in [0.4, 0.5) is 5.13 Å². The molecule has 0 spiro atoms. The molecule has 0 aromatic carbocycles. The van der Waals surface area contributed by atoms with Crippen molar-refractivity contribution in [1.82, 2.24) is 4.98 Å². The normalized spacial score (nSPS) is 19.1. The number of rotatable bonds is 4. The van der Waals surface area contributed by atoms with E-state index in [9.17, 15) is 18.0 Å². The second-order valence-electron chi connectivity index (χ2n) is 4.81. The molecule has 1 aromatic heterocycles. The number of nitrogens with zero attached hydrogens (tertiary/aromatic N) is 2. The number of carbonyl (C=O) groups is 2. The summed E-state index contributed by atoms with van der Waals surface area (Å²) in [4.78, 5) is 29.4. The molecule has 0 aliphatic carbocycles. The summed E-state index contributed by atoms with van der Waals surface area (Å²) in [5.74, 6) is -1.35. The lowest BCUT2D eigenvalue weighted by Gasteiger charge is -2.12. The third-order valence-corrected chi connectivity index (χ3v) is 5.16. The first-order valence-electron chi connectivity index (χ1n) is 6.08. The first kappa shape index (κ1) is 15.9. The molecule has 1 amide bonds. The van der Waals surface area contributed by atoms with E-state index in [-0.39, 0.29) is 30.5 Å². The zero-order valence-corrected chi connectivity index (χ0v) is 13.2. The van der Waals surface area contributed by atoms with E-state index >= 15 is 0 Å². The summed E-state index contributed by atoms with van der Waals surface area (Å²) in [5, 5.41) is 5.37. The van der Waals surface area contributed by atoms with E-state index < -0.39 is 16.0 Å². The topological polar surface area (TPSA) is 120 Å². The van der Waals surface area contributed by atoms with Gasteiger partial charge in [-0.15, -0.1) is 0 Å². The van der Waals surface area contributed by atoms with Gasteiger partial charge in [0.05, 0.1) is 18.6 Å². The lowest BCUT2D eigenvalue weighted by atomic mass is 10.1. The first-order valence-corrected chi connectivity index (χ1v) is 8.61. The largest absolute Gasteiger partial charge is 0.465 e. The quantitative estimate of drug-likeness (QED) is 0.767. The number of aromatic nitrogens is 1. The monoisotopic (exact) mass is 333 g/mol. The van der Waals surface area contributed by atoms with Gasteiger partial charge in [-0.2, -0.15) is 0 Å². The number of primary sulfonamides is 1. The molecule has 2 heterocycles. The lowest BCUT2D eigenvalue weighted by molar-refractivity contribution is -0.117. The van der Waals surface area contributed by atoms with Crippen molar-refractivity contribution < 1.29 is 22.7 Å². The Morgan fingerprint density at radius 3 is 2.81 bits per heavy atom. The van der Waals surface area contributed by atoms with Gasteiger partial charge in [0.25, 0.3) is 0 Å². The van der Waals surface area contributed by atoms with E-state index in [2.05, 4.69) is 9.72 Å². The summed E-state index contributed by atoms with van der Waals surface area (Å²) < 4.78 is 26.8. The molecule has 10 heteroatoms. The van der Waals surface area contributed by atoms with Crippen LogP contribution in [0.5, 0.6) is 0 Å². The molecular weight excluding hydrogens is 318 g/mol. The summed E-state index contributed by atoms with van der Waals surface area (Å²) in [6, 6.07) is 0. The molecule has 1 aliphatic rings. The van der Waals surface area contributed by atoms with Crippen LogP contribution in [0.15, 0.2) is 0 Å². The van der Waals surface area contributed by atoms with Gasteiger partial charge in [0.2, 0.25) is 15.9 Å². The van der Waals surface area contributed by atoms with Crippen molar-refractivity contribution in [2.75, 3.05) is 24.3 Å². The van der Waals surface area contributed by atoms with Crippen LogP contribution >= 0.6 is 11.3 Å². The third-order valence-electron chi connectivity index (χ3n) is 3.06. The fourth-order valence-corrected chi connectivity index (χ4v) is 4.08. The van der Waals surface area contributed by atoms with Crippen molar-refractivity contribution in [1.29, 1.82) is 0 Å². The minimum absolute atomic E-state index is 0.0998. The highest BCUT2D eigenvalue weighted by atomic mass is 32.2. The Balaban J connectivity index is 2.19. The molecule has 2 rings (SSSR count). The maximum Gasteiger partial charge on any atom is 0.350 e. The van der Waals surface area contributed by atoms with Crippen LogP contribution in [-0.2, 0) is 19.6 Å². The van der Waals surface area contributed by atoms with E-state index in [0.717, 1.165) is 11.3 Å². The van der Waals surface area contributed by atoms with E-state index in [0.29, 0.717) is 15.7 Å². The standard InChI is InChI=1S/C11H15N3O5S2/c1-6-9(10(16)19-2)20-11(13-6)14-4-7(3-8(14)15)5-21(12,17)18/h7H,3-5H2,1-2H3,(H2,12,17,18). The number of thiazole rings is 1. The van der Waals surface area contributed by atoms with Gasteiger partial charge in [0.15, 0.2) is 5.13 Å². The number of anilines is 1. The predicted octanol–water partition coefficient (Wildman–Crippen LogP) is -0.120. The number of aryl methyl sites for hydroxylation is 1. The fourth-order valence-electron chi connectivity index (χ4n) is 2.19. The number of hydrogen-bond donors (Lipinski definition) is 1. The van der Waals surface area contributed by atoms with Gasteiger partial charge < -0.3 is 4.74 Å². The van der Waals surface area contributed by atoms with Gasteiger partial charge in [-0.25, -0.2) is 23.3 Å². The first-order chi connectivity index (χ1) is 9.71. The van der Waals surface area contributed by atoms with Gasteiger partial charge in [-0.1, -0.05) is 11.3 Å². The molecule has 1 aliphatic heterocycles. The molecule has 1 unspecified atom stereocenters. The van der Waals surface area contributed by atoms with Crippen LogP contribution in [0.25, 0.3) is 0 Å². The Morgan fingerprint density at radius 1 is 1.57 bits per heavy atom. The van der Waals surface area contributed by atoms with E-state index in [1.807, 2.05) is 0 Å². The Labute approximate surface area is 126 Å². The third kappa shape index (κ3) is 3.57. The molecule has 8 nitrogen and oxygen atoms in total. The average Bonchev–Trinajstić information content (AvgIpc) is 2.89. The Bertz CT molecular complexity index is 682. The van der Waals surface area contributed by atoms with Crippen molar-refractivity contribution in [3.63, 3.8) is 0 Å². The highest BCUT2D eigenvalue weighted by Gasteiger charge is 2.35. The summed E-state index contributed by atoms with van der Waals surface area (Å²) in [6.45, 7) is 1.87. The summed E-state index contributed by atoms with van der Waals surface area (Å²) in [7, 11) is -2.36. The van der Waals surface area contributed by atoms with Gasteiger partial charge in [-0.05, 0) is 6.92 Å². The second kappa shape index (κ2) is 5.70. The highest BCUT2D eigenvalue weighted by Crippen LogP contribution is 2.31. The zero-order chi connectivity index (χ0) is 15.8. The van der Waals surface area contributed by atoms with Crippen molar-refractivity contribution >= 4 is 38.4 Å². The van der Waals surface area contributed by atoms with Crippen molar-refractivity contribution in [3.05, 3.63) is 10.6 Å². The van der Waals surface area contributed by atoms with Crippen LogP contribution in [0.1, 0.15) is 21.8 Å². The number of nitrogens with two attached hydrogens (primary N) is 1. The predicted molar refractivity (Wildman–Crippen MR) is 76.6 cm³/mol. The molecule has 0 radical (unpaired) electrons. The molecule has 1 fully saturated rings. The van der Waals surface area contributed by atoms with E-state index in [4.69, 9.17) is 5.14 Å². The minimum atomic E-state index is -3.63. The van der Waals surface area contributed by atoms with Crippen molar-refractivity contribution in [2.45, 2.75) is 13.3 Å². The summed E-state index contributed by atoms with van der Waals surface area (Å²) >= 11 is 1.05. The number of amides is 1. The van der Waals surface area contributed by atoms with Crippen LogP contribution in [0.3, 0.4) is 0 Å². The molecule has 21 heavy (non-hydrogen) atoms. The number of carbonyl (C=O) groups excluding carboxylic acids is 2. The number of sulfonamides is 1. The van der Waals surface area contributed by atoms with E-state index in [1.165, 1.54) is 12.0 Å². The second-order valence-corrected chi connectivity index (χ2v) is 7.44. The summed E-state index contributed by atoms with van der Waals surface area (Å²) in [6.07, 6.45) is 0.0998. The van der Waals surface area contributed by atoms with Crippen LogP contribution in [-0.4, -0.2) is 44.7 Å². The number of hydrogen-bond acceptors (Lipinski definition) is 7. The lowest BCUT2D eigenvalue weighted by Crippen LogP contribution is -2.27. The fraction of sp³-hybridized carbons (Fsp3) is 0.545. The van der Waals surface area contributed by atoms with Crippen LogP contribution < -0.4 is 10.0 Å². The molecular formula is C11H15N3O5S2. The minimum Gasteiger partial charge on any atom is -0.465 e. The van der Waals surface area contributed by atoms with Gasteiger partial charge >= 0.3 is 5.97 Å². The molecule has 116 valence electrons. The number of ether oxygens (including phenoxy) is 1. The maximum atomic E-state index is 12.0. The smallest absolute Gasteiger partial charge is 0.350 e. The van der Waals surface area contributed by atoms with Crippen molar-refractivity contribution in [3.8, 4) is 0 Å². The average molecular weight is 333 g/mol. The summed E-state index contributed by atoms with van der Waals surface area (Å²) in [5.41, 5.74) is 0.476. The van der Waals surface area contributed by atoms with Crippen LogP contribution in [0, 0.1) is 12.8 Å². The van der Waals surface area contributed by atoms with E-state index in [1.54, 1.807) is 6.92 Å². The highest BCUT2D eigenvalue weighted by molar-refractivity contribution is 7.89. The number of methoxy groups -OCH3 is 1. The Hall–Kier alpha value is -1.52.